The Morgan fingerprint density at radius 2 is 1.95 bits per heavy atom. The summed E-state index contributed by atoms with van der Waals surface area (Å²) in [6, 6.07) is 10.1. The number of ether oxygens (including phenoxy) is 1. The predicted molar refractivity (Wildman–Crippen MR) is 86.9 cm³/mol. The zero-order valence-corrected chi connectivity index (χ0v) is 13.5. The standard InChI is InChI=1S/C16H20ClNOS/c1-3-14-6-7-15(20-14)11-19-16-8-5-13(17)9-12(16)10-18-4-2/h5-9,18H,3-4,10-11H2,1-2H3. The van der Waals surface area contributed by atoms with E-state index in [0.29, 0.717) is 6.61 Å². The maximum absolute atomic E-state index is 6.05. The molecule has 0 bridgehead atoms. The summed E-state index contributed by atoms with van der Waals surface area (Å²) in [7, 11) is 0. The first-order valence-electron chi connectivity index (χ1n) is 6.92. The zero-order valence-electron chi connectivity index (χ0n) is 11.9. The van der Waals surface area contributed by atoms with Crippen molar-refractivity contribution in [3.05, 3.63) is 50.7 Å². The molecule has 0 unspecified atom stereocenters. The van der Waals surface area contributed by atoms with Crippen LogP contribution in [0.2, 0.25) is 5.02 Å². The molecule has 2 aromatic rings. The van der Waals surface area contributed by atoms with Gasteiger partial charge >= 0.3 is 0 Å². The molecule has 4 heteroatoms. The lowest BCUT2D eigenvalue weighted by Crippen LogP contribution is -2.12. The highest BCUT2D eigenvalue weighted by Gasteiger charge is 2.06. The topological polar surface area (TPSA) is 21.3 Å². The number of thiophene rings is 1. The van der Waals surface area contributed by atoms with Crippen LogP contribution in [-0.2, 0) is 19.6 Å². The first kappa shape index (κ1) is 15.4. The van der Waals surface area contributed by atoms with Gasteiger partial charge in [-0.15, -0.1) is 11.3 Å². The molecule has 2 nitrogen and oxygen atoms in total. The van der Waals surface area contributed by atoms with Crippen LogP contribution in [0.5, 0.6) is 5.75 Å². The molecule has 0 amide bonds. The van der Waals surface area contributed by atoms with Crippen LogP contribution in [0.1, 0.15) is 29.2 Å². The minimum atomic E-state index is 0.616. The fourth-order valence-corrected chi connectivity index (χ4v) is 2.99. The van der Waals surface area contributed by atoms with Gasteiger partial charge in [0.1, 0.15) is 12.4 Å². The first-order chi connectivity index (χ1) is 9.72. The van der Waals surface area contributed by atoms with E-state index in [1.54, 1.807) is 0 Å². The largest absolute Gasteiger partial charge is 0.488 e. The van der Waals surface area contributed by atoms with Crippen LogP contribution in [-0.4, -0.2) is 6.54 Å². The van der Waals surface area contributed by atoms with Crippen LogP contribution in [0.3, 0.4) is 0 Å². The predicted octanol–water partition coefficient (Wildman–Crippen LogP) is 4.65. The van der Waals surface area contributed by atoms with Gasteiger partial charge in [-0.25, -0.2) is 0 Å². The molecule has 1 aromatic heterocycles. The Balaban J connectivity index is 2.04. The summed E-state index contributed by atoms with van der Waals surface area (Å²) in [5.74, 6) is 0.904. The Morgan fingerprint density at radius 1 is 1.15 bits per heavy atom. The highest BCUT2D eigenvalue weighted by Crippen LogP contribution is 2.25. The van der Waals surface area contributed by atoms with Crippen LogP contribution in [0, 0.1) is 0 Å². The van der Waals surface area contributed by atoms with Gasteiger partial charge in [0, 0.05) is 26.9 Å². The second kappa shape index (κ2) is 7.67. The maximum Gasteiger partial charge on any atom is 0.124 e. The van der Waals surface area contributed by atoms with Crippen molar-refractivity contribution < 1.29 is 4.74 Å². The Bertz CT molecular complexity index is 553. The molecule has 0 aliphatic heterocycles. The van der Waals surface area contributed by atoms with Gasteiger partial charge < -0.3 is 10.1 Å². The Hall–Kier alpha value is -1.03. The van der Waals surface area contributed by atoms with Gasteiger partial charge in [0.15, 0.2) is 0 Å². The van der Waals surface area contributed by atoms with Crippen LogP contribution in [0.4, 0.5) is 0 Å². The van der Waals surface area contributed by atoms with Crippen LogP contribution in [0.15, 0.2) is 30.3 Å². The lowest BCUT2D eigenvalue weighted by atomic mass is 10.2. The normalized spacial score (nSPS) is 10.8. The summed E-state index contributed by atoms with van der Waals surface area (Å²) in [5, 5.41) is 4.05. The van der Waals surface area contributed by atoms with Crippen molar-refractivity contribution in [2.75, 3.05) is 6.54 Å². The van der Waals surface area contributed by atoms with Gasteiger partial charge in [-0.05, 0) is 43.3 Å². The second-order valence-electron chi connectivity index (χ2n) is 4.54. The maximum atomic E-state index is 6.05. The third-order valence-corrected chi connectivity index (χ3v) is 4.46. The number of nitrogens with one attached hydrogen (secondary N) is 1. The van der Waals surface area contributed by atoms with Crippen molar-refractivity contribution in [1.82, 2.24) is 5.32 Å². The molecule has 108 valence electrons. The summed E-state index contributed by atoms with van der Waals surface area (Å²) in [4.78, 5) is 2.65. The third-order valence-electron chi connectivity index (χ3n) is 3.02. The smallest absolute Gasteiger partial charge is 0.124 e. The summed E-state index contributed by atoms with van der Waals surface area (Å²) in [6.07, 6.45) is 1.08. The van der Waals surface area contributed by atoms with Crippen molar-refractivity contribution in [3.8, 4) is 5.75 Å². The van der Waals surface area contributed by atoms with Crippen LogP contribution >= 0.6 is 22.9 Å². The molecule has 20 heavy (non-hydrogen) atoms. The number of hydrogen-bond acceptors (Lipinski definition) is 3. The van der Waals surface area contributed by atoms with Crippen LogP contribution in [0.25, 0.3) is 0 Å². The highest BCUT2D eigenvalue weighted by molar-refractivity contribution is 7.11. The van der Waals surface area contributed by atoms with Crippen molar-refractivity contribution >= 4 is 22.9 Å². The number of halogens is 1. The lowest BCUT2D eigenvalue weighted by molar-refractivity contribution is 0.305. The van der Waals surface area contributed by atoms with Gasteiger partial charge in [0.2, 0.25) is 0 Å². The molecule has 1 heterocycles. The fraction of sp³-hybridized carbons (Fsp3) is 0.375. The first-order valence-corrected chi connectivity index (χ1v) is 8.12. The average molecular weight is 310 g/mol. The van der Waals surface area contributed by atoms with E-state index in [9.17, 15) is 0 Å². The van der Waals surface area contributed by atoms with E-state index in [1.165, 1.54) is 9.75 Å². The van der Waals surface area contributed by atoms with E-state index < -0.39 is 0 Å². The molecule has 0 atom stereocenters. The molecule has 1 aromatic carbocycles. The number of rotatable bonds is 7. The molecule has 0 spiro atoms. The fourth-order valence-electron chi connectivity index (χ4n) is 1.93. The molecule has 0 saturated carbocycles. The summed E-state index contributed by atoms with van der Waals surface area (Å²) < 4.78 is 5.94. The molecule has 0 aliphatic carbocycles. The Kier molecular flexibility index (Phi) is 5.89. The molecular formula is C16H20ClNOS. The van der Waals surface area contributed by atoms with Crippen molar-refractivity contribution in [2.45, 2.75) is 33.4 Å². The minimum absolute atomic E-state index is 0.616. The molecule has 0 saturated heterocycles. The summed E-state index contributed by atoms with van der Waals surface area (Å²) >= 11 is 7.87. The molecule has 0 radical (unpaired) electrons. The Labute approximate surface area is 129 Å². The SMILES string of the molecule is CCNCc1cc(Cl)ccc1OCc1ccc(CC)s1. The van der Waals surface area contributed by atoms with Gasteiger partial charge in [0.25, 0.3) is 0 Å². The van der Waals surface area contributed by atoms with E-state index in [2.05, 4.69) is 31.3 Å². The summed E-state index contributed by atoms with van der Waals surface area (Å²) in [6.45, 7) is 6.58. The molecule has 2 rings (SSSR count). The van der Waals surface area contributed by atoms with Crippen molar-refractivity contribution in [2.24, 2.45) is 0 Å². The zero-order chi connectivity index (χ0) is 14.4. The third kappa shape index (κ3) is 4.23. The van der Waals surface area contributed by atoms with E-state index >= 15 is 0 Å². The number of benzene rings is 1. The monoisotopic (exact) mass is 309 g/mol. The van der Waals surface area contributed by atoms with E-state index in [1.807, 2.05) is 29.5 Å². The Morgan fingerprint density at radius 3 is 2.65 bits per heavy atom. The molecular weight excluding hydrogens is 290 g/mol. The quantitative estimate of drug-likeness (QED) is 0.803. The molecule has 0 aliphatic rings. The minimum Gasteiger partial charge on any atom is -0.488 e. The molecule has 1 N–H and O–H groups in total. The average Bonchev–Trinajstić information content (AvgIpc) is 2.92. The van der Waals surface area contributed by atoms with E-state index in [-0.39, 0.29) is 0 Å². The van der Waals surface area contributed by atoms with Crippen molar-refractivity contribution in [3.63, 3.8) is 0 Å². The van der Waals surface area contributed by atoms with Gasteiger partial charge in [-0.1, -0.05) is 25.4 Å². The number of hydrogen-bond donors (Lipinski definition) is 1. The van der Waals surface area contributed by atoms with E-state index in [0.717, 1.165) is 35.8 Å². The van der Waals surface area contributed by atoms with Gasteiger partial charge in [-0.3, -0.25) is 0 Å². The lowest BCUT2D eigenvalue weighted by Gasteiger charge is -2.11. The van der Waals surface area contributed by atoms with E-state index in [4.69, 9.17) is 16.3 Å². The van der Waals surface area contributed by atoms with Crippen molar-refractivity contribution in [1.29, 1.82) is 0 Å². The van der Waals surface area contributed by atoms with Gasteiger partial charge in [0.05, 0.1) is 0 Å². The van der Waals surface area contributed by atoms with Crippen LogP contribution < -0.4 is 10.1 Å². The highest BCUT2D eigenvalue weighted by atomic mass is 35.5. The van der Waals surface area contributed by atoms with Gasteiger partial charge in [-0.2, -0.15) is 0 Å². The summed E-state index contributed by atoms with van der Waals surface area (Å²) in [5.41, 5.74) is 1.10. The molecule has 0 fully saturated rings. The number of aryl methyl sites for hydroxylation is 1. The second-order valence-corrected chi connectivity index (χ2v) is 6.23.